The van der Waals surface area contributed by atoms with E-state index >= 15 is 0 Å². The number of benzene rings is 2. The maximum Gasteiger partial charge on any atom is 0.253 e. The minimum Gasteiger partial charge on any atom is -0.356 e. The van der Waals surface area contributed by atoms with Gasteiger partial charge in [-0.3, -0.25) is 9.79 Å². The van der Waals surface area contributed by atoms with Crippen LogP contribution in [0.25, 0.3) is 0 Å². The van der Waals surface area contributed by atoms with E-state index in [1.54, 1.807) is 26.0 Å². The van der Waals surface area contributed by atoms with Crippen LogP contribution < -0.4 is 10.6 Å². The smallest absolute Gasteiger partial charge is 0.253 e. The molecule has 0 saturated heterocycles. The van der Waals surface area contributed by atoms with E-state index in [0.717, 1.165) is 30.9 Å². The zero-order valence-electron chi connectivity index (χ0n) is 18.3. The predicted molar refractivity (Wildman–Crippen MR) is 121 cm³/mol. The molecule has 0 aromatic heterocycles. The number of aliphatic imine (C=N–C) groups is 1. The molecule has 2 aromatic carbocycles. The number of nitrogens with one attached hydrogen (secondary N) is 2. The van der Waals surface area contributed by atoms with Crippen molar-refractivity contribution in [1.29, 1.82) is 0 Å². The summed E-state index contributed by atoms with van der Waals surface area (Å²) in [5.41, 5.74) is 3.23. The normalized spacial score (nSPS) is 11.8. The van der Waals surface area contributed by atoms with Crippen LogP contribution in [0.5, 0.6) is 0 Å². The van der Waals surface area contributed by atoms with Crippen molar-refractivity contribution in [3.8, 4) is 0 Å². The average Bonchev–Trinajstić information content (AvgIpc) is 2.77. The summed E-state index contributed by atoms with van der Waals surface area (Å²) in [4.78, 5) is 18.0. The second-order valence-corrected chi connectivity index (χ2v) is 7.53. The molecule has 0 heterocycles. The molecule has 5 nitrogen and oxygen atoms in total. The monoisotopic (exact) mass is 394 g/mol. The summed E-state index contributed by atoms with van der Waals surface area (Å²) < 4.78 is 0. The molecule has 0 saturated carbocycles. The fourth-order valence-electron chi connectivity index (χ4n) is 3.48. The number of nitrogens with zero attached hydrogens (tertiary/aromatic N) is 2. The first-order chi connectivity index (χ1) is 14.0. The summed E-state index contributed by atoms with van der Waals surface area (Å²) in [5, 5.41) is 6.88. The van der Waals surface area contributed by atoms with Gasteiger partial charge in [-0.15, -0.1) is 0 Å². The standard InChI is InChI=1S/C24H34N4O/c1-6-24(7-2,21-11-9-8-10-12-21)18-27-23(25-3)26-17-19-13-15-20(16-14-19)22(29)28(4)5/h8-16H,6-7,17-18H2,1-5H3,(H2,25,26,27). The van der Waals surface area contributed by atoms with Crippen LogP contribution in [0.4, 0.5) is 0 Å². The van der Waals surface area contributed by atoms with Crippen molar-refractivity contribution in [3.63, 3.8) is 0 Å². The molecule has 0 radical (unpaired) electrons. The van der Waals surface area contributed by atoms with Gasteiger partial charge in [0, 0.05) is 45.2 Å². The van der Waals surface area contributed by atoms with E-state index < -0.39 is 0 Å². The highest BCUT2D eigenvalue weighted by Crippen LogP contribution is 2.30. The van der Waals surface area contributed by atoms with Crippen LogP contribution in [-0.4, -0.2) is 44.5 Å². The first-order valence-corrected chi connectivity index (χ1v) is 10.3. The lowest BCUT2D eigenvalue weighted by Crippen LogP contribution is -2.45. The third-order valence-electron chi connectivity index (χ3n) is 5.62. The Morgan fingerprint density at radius 1 is 0.966 bits per heavy atom. The number of amides is 1. The maximum atomic E-state index is 12.0. The van der Waals surface area contributed by atoms with E-state index in [1.165, 1.54) is 5.56 Å². The van der Waals surface area contributed by atoms with Gasteiger partial charge >= 0.3 is 0 Å². The van der Waals surface area contributed by atoms with Crippen LogP contribution in [0.15, 0.2) is 59.6 Å². The fraction of sp³-hybridized carbons (Fsp3) is 0.417. The van der Waals surface area contributed by atoms with Gasteiger partial charge in [0.1, 0.15) is 0 Å². The second kappa shape index (κ2) is 10.6. The molecule has 0 spiro atoms. The number of guanidine groups is 1. The maximum absolute atomic E-state index is 12.0. The number of carbonyl (C=O) groups excluding carboxylic acids is 1. The van der Waals surface area contributed by atoms with Crippen LogP contribution >= 0.6 is 0 Å². The molecule has 2 rings (SSSR count). The van der Waals surface area contributed by atoms with E-state index in [4.69, 9.17) is 0 Å². The molecule has 0 aliphatic carbocycles. The predicted octanol–water partition coefficient (Wildman–Crippen LogP) is 3.81. The Morgan fingerprint density at radius 3 is 2.10 bits per heavy atom. The fourth-order valence-corrected chi connectivity index (χ4v) is 3.48. The Kier molecular flexibility index (Phi) is 8.25. The van der Waals surface area contributed by atoms with Gasteiger partial charge in [0.05, 0.1) is 0 Å². The first kappa shape index (κ1) is 22.5. The molecule has 0 atom stereocenters. The lowest BCUT2D eigenvalue weighted by molar-refractivity contribution is 0.0827. The number of rotatable bonds is 8. The Morgan fingerprint density at radius 2 is 1.59 bits per heavy atom. The van der Waals surface area contributed by atoms with Crippen molar-refractivity contribution >= 4 is 11.9 Å². The zero-order valence-corrected chi connectivity index (χ0v) is 18.3. The molecule has 29 heavy (non-hydrogen) atoms. The number of hydrogen-bond donors (Lipinski definition) is 2. The molecular formula is C24H34N4O. The second-order valence-electron chi connectivity index (χ2n) is 7.53. The summed E-state index contributed by atoms with van der Waals surface area (Å²) >= 11 is 0. The lowest BCUT2D eigenvalue weighted by atomic mass is 9.76. The minimum absolute atomic E-state index is 0.0124. The van der Waals surface area contributed by atoms with Gasteiger partial charge in [-0.1, -0.05) is 56.3 Å². The zero-order chi connectivity index (χ0) is 21.3. The third-order valence-corrected chi connectivity index (χ3v) is 5.62. The first-order valence-electron chi connectivity index (χ1n) is 10.3. The lowest BCUT2D eigenvalue weighted by Gasteiger charge is -2.33. The molecule has 0 aliphatic heterocycles. The Bertz CT molecular complexity index is 793. The van der Waals surface area contributed by atoms with Crippen molar-refractivity contribution in [2.45, 2.75) is 38.6 Å². The van der Waals surface area contributed by atoms with Crippen LogP contribution in [0, 0.1) is 0 Å². The number of carbonyl (C=O) groups is 1. The molecule has 2 aromatic rings. The van der Waals surface area contributed by atoms with E-state index in [1.807, 2.05) is 24.3 Å². The van der Waals surface area contributed by atoms with E-state index in [2.05, 4.69) is 59.8 Å². The summed E-state index contributed by atoms with van der Waals surface area (Å²) in [6.07, 6.45) is 2.11. The van der Waals surface area contributed by atoms with Gasteiger partial charge in [-0.05, 0) is 36.1 Å². The highest BCUT2D eigenvalue weighted by Gasteiger charge is 2.28. The molecule has 0 bridgehead atoms. The Balaban J connectivity index is 1.97. The molecular weight excluding hydrogens is 360 g/mol. The highest BCUT2D eigenvalue weighted by atomic mass is 16.2. The van der Waals surface area contributed by atoms with Gasteiger partial charge in [-0.2, -0.15) is 0 Å². The molecule has 2 N–H and O–H groups in total. The average molecular weight is 395 g/mol. The largest absolute Gasteiger partial charge is 0.356 e. The van der Waals surface area contributed by atoms with E-state index in [0.29, 0.717) is 12.1 Å². The SMILES string of the molecule is CCC(CC)(CNC(=NC)NCc1ccc(C(=O)N(C)C)cc1)c1ccccc1. The van der Waals surface area contributed by atoms with Crippen LogP contribution in [-0.2, 0) is 12.0 Å². The van der Waals surface area contributed by atoms with Crippen molar-refractivity contribution in [2.75, 3.05) is 27.7 Å². The summed E-state index contributed by atoms with van der Waals surface area (Å²) in [6.45, 7) is 5.95. The van der Waals surface area contributed by atoms with Crippen molar-refractivity contribution in [1.82, 2.24) is 15.5 Å². The van der Waals surface area contributed by atoms with Crippen LogP contribution in [0.1, 0.15) is 48.2 Å². The minimum atomic E-state index is 0.0124. The molecule has 156 valence electrons. The van der Waals surface area contributed by atoms with Gasteiger partial charge in [-0.25, -0.2) is 0 Å². The summed E-state index contributed by atoms with van der Waals surface area (Å²) in [6, 6.07) is 18.4. The van der Waals surface area contributed by atoms with E-state index in [9.17, 15) is 4.79 Å². The van der Waals surface area contributed by atoms with Crippen molar-refractivity contribution in [3.05, 3.63) is 71.3 Å². The van der Waals surface area contributed by atoms with E-state index in [-0.39, 0.29) is 11.3 Å². The topological polar surface area (TPSA) is 56.7 Å². The quantitative estimate of drug-likeness (QED) is 0.529. The van der Waals surface area contributed by atoms with Gasteiger partial charge in [0.25, 0.3) is 5.91 Å². The number of hydrogen-bond acceptors (Lipinski definition) is 2. The Hall–Kier alpha value is -2.82. The van der Waals surface area contributed by atoms with Crippen molar-refractivity contribution < 1.29 is 4.79 Å². The summed E-state index contributed by atoms with van der Waals surface area (Å²) in [5.74, 6) is 0.791. The molecule has 0 unspecified atom stereocenters. The molecule has 0 fully saturated rings. The Labute approximate surface area is 175 Å². The van der Waals surface area contributed by atoms with Crippen LogP contribution in [0.3, 0.4) is 0 Å². The third kappa shape index (κ3) is 5.83. The molecule has 5 heteroatoms. The van der Waals surface area contributed by atoms with Gasteiger partial charge < -0.3 is 15.5 Å². The molecule has 0 aliphatic rings. The van der Waals surface area contributed by atoms with Crippen LogP contribution in [0.2, 0.25) is 0 Å². The van der Waals surface area contributed by atoms with Gasteiger partial charge in [0.15, 0.2) is 5.96 Å². The summed E-state index contributed by atoms with van der Waals surface area (Å²) in [7, 11) is 5.31. The molecule has 1 amide bonds. The van der Waals surface area contributed by atoms with Gasteiger partial charge in [0.2, 0.25) is 0 Å². The highest BCUT2D eigenvalue weighted by molar-refractivity contribution is 5.93. The van der Waals surface area contributed by atoms with Crippen molar-refractivity contribution in [2.24, 2.45) is 4.99 Å².